The summed E-state index contributed by atoms with van der Waals surface area (Å²) in [5.41, 5.74) is 5.90. The molecule has 10 heteroatoms. The van der Waals surface area contributed by atoms with Gasteiger partial charge in [-0.1, -0.05) is 24.3 Å². The number of amides is 1. The SMILES string of the molecule is COC(=O)c1c(NC(=O)C(C)OC(=O)c2ccc3nc(-c4ccc(OC)cc4)[nH]c3c2)sc2c1CCc1ccccc1-2. The van der Waals surface area contributed by atoms with Gasteiger partial charge in [0, 0.05) is 10.4 Å². The number of methoxy groups -OCH3 is 2. The predicted molar refractivity (Wildman–Crippen MR) is 160 cm³/mol. The number of nitrogens with zero attached hydrogens (tertiary/aromatic N) is 1. The van der Waals surface area contributed by atoms with Gasteiger partial charge in [-0.05, 0) is 78.9 Å². The Balaban J connectivity index is 1.19. The summed E-state index contributed by atoms with van der Waals surface area (Å²) < 4.78 is 15.8. The first-order valence-electron chi connectivity index (χ1n) is 13.3. The van der Waals surface area contributed by atoms with Crippen LogP contribution in [0, 0.1) is 0 Å². The molecule has 3 aromatic carbocycles. The summed E-state index contributed by atoms with van der Waals surface area (Å²) in [4.78, 5) is 47.7. The fourth-order valence-electron chi connectivity index (χ4n) is 5.06. The van der Waals surface area contributed by atoms with Crippen LogP contribution in [0.25, 0.3) is 32.9 Å². The summed E-state index contributed by atoms with van der Waals surface area (Å²) in [6, 6.07) is 20.4. The van der Waals surface area contributed by atoms with E-state index in [0.29, 0.717) is 33.8 Å². The van der Waals surface area contributed by atoms with Crippen LogP contribution in [0.2, 0.25) is 0 Å². The molecule has 0 fully saturated rings. The van der Waals surface area contributed by atoms with E-state index in [2.05, 4.69) is 21.4 Å². The second-order valence-electron chi connectivity index (χ2n) is 9.85. The highest BCUT2D eigenvalue weighted by Gasteiger charge is 2.30. The molecule has 1 atom stereocenters. The zero-order valence-electron chi connectivity index (χ0n) is 23.1. The number of ether oxygens (including phenoxy) is 3. The number of aryl methyl sites for hydroxylation is 1. The maximum absolute atomic E-state index is 13.2. The zero-order chi connectivity index (χ0) is 29.4. The average molecular weight is 582 g/mol. The van der Waals surface area contributed by atoms with Crippen molar-refractivity contribution in [3.05, 3.63) is 89.0 Å². The van der Waals surface area contributed by atoms with Crippen molar-refractivity contribution in [2.75, 3.05) is 19.5 Å². The molecule has 5 aromatic rings. The van der Waals surface area contributed by atoms with E-state index >= 15 is 0 Å². The van der Waals surface area contributed by atoms with E-state index in [1.165, 1.54) is 30.9 Å². The zero-order valence-corrected chi connectivity index (χ0v) is 24.0. The molecule has 0 saturated carbocycles. The molecule has 0 saturated heterocycles. The predicted octanol–water partition coefficient (Wildman–Crippen LogP) is 6.04. The Hall–Kier alpha value is -4.96. The highest BCUT2D eigenvalue weighted by Crippen LogP contribution is 2.45. The number of carbonyl (C=O) groups excluding carboxylic acids is 3. The van der Waals surface area contributed by atoms with Gasteiger partial charge in [0.1, 0.15) is 16.6 Å². The third-order valence-corrected chi connectivity index (χ3v) is 8.45. The van der Waals surface area contributed by atoms with Gasteiger partial charge >= 0.3 is 11.9 Å². The van der Waals surface area contributed by atoms with E-state index in [0.717, 1.165) is 33.7 Å². The van der Waals surface area contributed by atoms with E-state index in [4.69, 9.17) is 14.2 Å². The largest absolute Gasteiger partial charge is 0.497 e. The number of nitrogens with one attached hydrogen (secondary N) is 2. The maximum Gasteiger partial charge on any atom is 0.341 e. The second kappa shape index (κ2) is 11.1. The number of aromatic nitrogens is 2. The lowest BCUT2D eigenvalue weighted by molar-refractivity contribution is -0.123. The Morgan fingerprint density at radius 2 is 1.76 bits per heavy atom. The molecule has 0 aliphatic heterocycles. The fourth-order valence-corrected chi connectivity index (χ4v) is 6.37. The monoisotopic (exact) mass is 581 g/mol. The summed E-state index contributed by atoms with van der Waals surface area (Å²) in [7, 11) is 2.92. The van der Waals surface area contributed by atoms with E-state index in [1.54, 1.807) is 25.3 Å². The van der Waals surface area contributed by atoms with Crippen LogP contribution in [0.4, 0.5) is 5.00 Å². The number of fused-ring (bicyclic) bond motifs is 4. The molecule has 9 nitrogen and oxygen atoms in total. The van der Waals surface area contributed by atoms with Gasteiger partial charge in [-0.3, -0.25) is 4.79 Å². The van der Waals surface area contributed by atoms with Gasteiger partial charge in [-0.25, -0.2) is 14.6 Å². The summed E-state index contributed by atoms with van der Waals surface area (Å²) >= 11 is 1.32. The van der Waals surface area contributed by atoms with Crippen LogP contribution < -0.4 is 10.1 Å². The van der Waals surface area contributed by atoms with Gasteiger partial charge in [0.2, 0.25) is 0 Å². The number of aromatic amines is 1. The molecular formula is C32H27N3O6S. The van der Waals surface area contributed by atoms with E-state index < -0.39 is 23.9 Å². The molecule has 1 unspecified atom stereocenters. The number of esters is 2. The van der Waals surface area contributed by atoms with Crippen molar-refractivity contribution in [3.63, 3.8) is 0 Å². The molecule has 212 valence electrons. The average Bonchev–Trinajstić information content (AvgIpc) is 3.61. The molecule has 1 amide bonds. The van der Waals surface area contributed by atoms with Gasteiger partial charge in [-0.2, -0.15) is 0 Å². The van der Waals surface area contributed by atoms with E-state index in [-0.39, 0.29) is 5.56 Å². The number of carbonyl (C=O) groups is 3. The normalized spacial score (nSPS) is 12.6. The maximum atomic E-state index is 13.2. The number of H-pyrrole nitrogens is 1. The third-order valence-electron chi connectivity index (χ3n) is 7.27. The van der Waals surface area contributed by atoms with Gasteiger partial charge in [0.05, 0.1) is 36.4 Å². The van der Waals surface area contributed by atoms with Crippen molar-refractivity contribution in [3.8, 4) is 27.6 Å². The molecule has 0 radical (unpaired) electrons. The van der Waals surface area contributed by atoms with Crippen molar-refractivity contribution in [1.82, 2.24) is 9.97 Å². The van der Waals surface area contributed by atoms with Crippen molar-refractivity contribution < 1.29 is 28.6 Å². The Morgan fingerprint density at radius 1 is 0.976 bits per heavy atom. The third kappa shape index (κ3) is 5.01. The number of benzene rings is 3. The lowest BCUT2D eigenvalue weighted by atomic mass is 9.89. The van der Waals surface area contributed by atoms with Crippen LogP contribution in [0.3, 0.4) is 0 Å². The number of anilines is 1. The van der Waals surface area contributed by atoms with Crippen LogP contribution in [0.1, 0.15) is 38.8 Å². The van der Waals surface area contributed by atoms with Crippen LogP contribution in [0.5, 0.6) is 5.75 Å². The van der Waals surface area contributed by atoms with Gasteiger partial charge < -0.3 is 24.5 Å². The molecule has 0 bridgehead atoms. The summed E-state index contributed by atoms with van der Waals surface area (Å²) in [6.07, 6.45) is 0.319. The molecule has 0 spiro atoms. The smallest absolute Gasteiger partial charge is 0.341 e. The minimum absolute atomic E-state index is 0.269. The molecular weight excluding hydrogens is 554 g/mol. The molecule has 1 aliphatic rings. The first-order chi connectivity index (χ1) is 20.4. The number of imidazole rings is 1. The van der Waals surface area contributed by atoms with E-state index in [1.807, 2.05) is 42.5 Å². The summed E-state index contributed by atoms with van der Waals surface area (Å²) in [6.45, 7) is 1.49. The highest BCUT2D eigenvalue weighted by atomic mass is 32.1. The number of rotatable bonds is 7. The number of hydrogen-bond donors (Lipinski definition) is 2. The molecule has 2 heterocycles. The molecule has 2 N–H and O–H groups in total. The van der Waals surface area contributed by atoms with E-state index in [9.17, 15) is 14.4 Å². The van der Waals surface area contributed by atoms with Gasteiger partial charge in [0.25, 0.3) is 5.91 Å². The fraction of sp³-hybridized carbons (Fsp3) is 0.188. The molecule has 2 aromatic heterocycles. The first-order valence-corrected chi connectivity index (χ1v) is 14.2. The second-order valence-corrected chi connectivity index (χ2v) is 10.9. The topological polar surface area (TPSA) is 120 Å². The minimum Gasteiger partial charge on any atom is -0.497 e. The number of hydrogen-bond acceptors (Lipinski definition) is 8. The Bertz CT molecular complexity index is 1840. The van der Waals surface area contributed by atoms with Crippen LogP contribution >= 0.6 is 11.3 Å². The Kier molecular flexibility index (Phi) is 7.22. The molecule has 6 rings (SSSR count). The Morgan fingerprint density at radius 3 is 2.52 bits per heavy atom. The Labute approximate surface area is 245 Å². The highest BCUT2D eigenvalue weighted by molar-refractivity contribution is 7.20. The summed E-state index contributed by atoms with van der Waals surface area (Å²) in [5, 5.41) is 3.18. The van der Waals surface area contributed by atoms with Gasteiger partial charge in [0.15, 0.2) is 6.10 Å². The minimum atomic E-state index is -1.12. The quantitative estimate of drug-likeness (QED) is 0.225. The van der Waals surface area contributed by atoms with Crippen molar-refractivity contribution in [2.45, 2.75) is 25.9 Å². The summed E-state index contributed by atoms with van der Waals surface area (Å²) in [5.74, 6) is -0.344. The van der Waals surface area contributed by atoms with Crippen molar-refractivity contribution in [2.24, 2.45) is 0 Å². The molecule has 1 aliphatic carbocycles. The number of thiophene rings is 1. The first kappa shape index (κ1) is 27.2. The van der Waals surface area contributed by atoms with Crippen molar-refractivity contribution in [1.29, 1.82) is 0 Å². The van der Waals surface area contributed by atoms with Crippen LogP contribution in [0.15, 0.2) is 66.7 Å². The van der Waals surface area contributed by atoms with Crippen LogP contribution in [-0.2, 0) is 27.1 Å². The standard InChI is InChI=1S/C32H27N3O6S/c1-17(29(36)35-30-26(32(38)40-3)23-14-10-18-6-4-5-7-22(18)27(23)42-30)41-31(37)20-11-15-24-25(16-20)34-28(33-24)19-8-12-21(39-2)13-9-19/h4-9,11-13,15-17H,10,14H2,1-3H3,(H,33,34)(H,35,36). The lowest BCUT2D eigenvalue weighted by Crippen LogP contribution is -2.30. The van der Waals surface area contributed by atoms with Crippen molar-refractivity contribution >= 4 is 45.2 Å². The van der Waals surface area contributed by atoms with Crippen LogP contribution in [-0.4, -0.2) is 48.1 Å². The molecule has 42 heavy (non-hydrogen) atoms. The lowest BCUT2D eigenvalue weighted by Gasteiger charge is -2.16. The van der Waals surface area contributed by atoms with Gasteiger partial charge in [-0.15, -0.1) is 11.3 Å².